The molecule has 0 aromatic heterocycles. The van der Waals surface area contributed by atoms with Crippen LogP contribution in [-0.2, 0) is 19.1 Å². The van der Waals surface area contributed by atoms with Gasteiger partial charge in [-0.05, 0) is 73.8 Å². The number of hydrogen-bond donors (Lipinski definition) is 0. The van der Waals surface area contributed by atoms with Crippen LogP contribution in [0, 0.1) is 28.6 Å². The zero-order valence-electron chi connectivity index (χ0n) is 17.1. The van der Waals surface area contributed by atoms with Crippen LogP contribution in [0.2, 0.25) is 0 Å². The summed E-state index contributed by atoms with van der Waals surface area (Å²) < 4.78 is 5.79. The number of Topliss-reactive ketones (excluding diaryl/α,β-unsaturated/α-hetero) is 1. The Bertz CT molecular complexity index is 826. The summed E-state index contributed by atoms with van der Waals surface area (Å²) in [5.74, 6) is 0.584. The molecule has 0 bridgehead atoms. The van der Waals surface area contributed by atoms with Crippen molar-refractivity contribution in [3.63, 3.8) is 0 Å². The first kappa shape index (κ1) is 19.9. The van der Waals surface area contributed by atoms with E-state index in [0.29, 0.717) is 23.8 Å². The second-order valence-corrected chi connectivity index (χ2v) is 10.1. The zero-order chi connectivity index (χ0) is 20.5. The van der Waals surface area contributed by atoms with E-state index in [1.165, 1.54) is 6.92 Å². The van der Waals surface area contributed by atoms with Crippen molar-refractivity contribution in [1.29, 1.82) is 0 Å². The summed E-state index contributed by atoms with van der Waals surface area (Å²) in [4.78, 5) is 36.6. The molecular weight excluding hydrogens is 376 g/mol. The molecule has 0 amide bonds. The quantitative estimate of drug-likeness (QED) is 0.623. The standard InChI is InChI=1S/C23H29ClO4/c1-13(25)23(28-14(2)26)10-7-18-16-12-20(24)19-11-15(27)5-8-21(19,3)17(16)6-9-22(18,23)4/h11-12,16-18H,5-10H2,1-4H3/t16?,17?,18?,21-,22+,23+/m1/s1. The first-order chi connectivity index (χ1) is 13.0. The summed E-state index contributed by atoms with van der Waals surface area (Å²) in [5, 5.41) is 0.689. The molecule has 4 aliphatic carbocycles. The smallest absolute Gasteiger partial charge is 0.303 e. The molecule has 0 aromatic rings. The highest BCUT2D eigenvalue weighted by Gasteiger charge is 2.67. The highest BCUT2D eigenvalue weighted by Crippen LogP contribution is 2.68. The van der Waals surface area contributed by atoms with E-state index in [1.54, 1.807) is 13.0 Å². The van der Waals surface area contributed by atoms with Gasteiger partial charge in [0, 0.05) is 23.8 Å². The zero-order valence-corrected chi connectivity index (χ0v) is 17.9. The third kappa shape index (κ3) is 2.46. The lowest BCUT2D eigenvalue weighted by Gasteiger charge is -2.57. The third-order valence-electron chi connectivity index (χ3n) is 8.56. The molecule has 28 heavy (non-hydrogen) atoms. The van der Waals surface area contributed by atoms with Crippen LogP contribution in [-0.4, -0.2) is 23.1 Å². The Labute approximate surface area is 171 Å². The average molecular weight is 405 g/mol. The Hall–Kier alpha value is -1.42. The van der Waals surface area contributed by atoms with Gasteiger partial charge in [0.2, 0.25) is 0 Å². The van der Waals surface area contributed by atoms with E-state index in [1.807, 2.05) is 0 Å². The Morgan fingerprint density at radius 3 is 2.43 bits per heavy atom. The van der Waals surface area contributed by atoms with Gasteiger partial charge in [-0.25, -0.2) is 0 Å². The molecule has 0 N–H and O–H groups in total. The van der Waals surface area contributed by atoms with E-state index >= 15 is 0 Å². The molecule has 0 radical (unpaired) electrons. The molecule has 3 unspecified atom stereocenters. The van der Waals surface area contributed by atoms with Crippen molar-refractivity contribution in [2.75, 3.05) is 0 Å². The SMILES string of the molecule is CC(=O)O[C@]1(C(C)=O)CCC2C3C=C(Cl)C4=CC(=O)CC[C@]4(C)C3CC[C@@]21C. The summed E-state index contributed by atoms with van der Waals surface area (Å²) in [6, 6.07) is 0. The average Bonchev–Trinajstić information content (AvgIpc) is 2.90. The minimum Gasteiger partial charge on any atom is -0.451 e. The lowest BCUT2D eigenvalue weighted by molar-refractivity contribution is -0.185. The second-order valence-electron chi connectivity index (χ2n) is 9.72. The normalized spacial score (nSPS) is 44.6. The summed E-state index contributed by atoms with van der Waals surface area (Å²) in [6.07, 6.45) is 8.48. The lowest BCUT2D eigenvalue weighted by atomic mass is 9.48. The molecule has 0 aliphatic heterocycles. The van der Waals surface area contributed by atoms with Gasteiger partial charge in [-0.15, -0.1) is 0 Å². The molecule has 0 spiro atoms. The van der Waals surface area contributed by atoms with Gasteiger partial charge in [-0.3, -0.25) is 14.4 Å². The Kier molecular flexibility index (Phi) is 4.46. The molecule has 2 fully saturated rings. The number of esters is 1. The molecule has 0 saturated heterocycles. The molecule has 152 valence electrons. The number of carbonyl (C=O) groups is 3. The lowest BCUT2D eigenvalue weighted by Crippen LogP contribution is -2.58. The van der Waals surface area contributed by atoms with Gasteiger partial charge in [0.25, 0.3) is 0 Å². The summed E-state index contributed by atoms with van der Waals surface area (Å²) in [6.45, 7) is 7.33. The number of ketones is 2. The first-order valence-corrected chi connectivity index (χ1v) is 10.8. The molecular formula is C23H29ClO4. The molecule has 4 nitrogen and oxygen atoms in total. The van der Waals surface area contributed by atoms with Crippen LogP contribution in [0.4, 0.5) is 0 Å². The van der Waals surface area contributed by atoms with Crippen LogP contribution in [0.1, 0.15) is 66.2 Å². The summed E-state index contributed by atoms with van der Waals surface area (Å²) >= 11 is 6.71. The van der Waals surface area contributed by atoms with Crippen LogP contribution >= 0.6 is 11.6 Å². The molecule has 2 saturated carbocycles. The van der Waals surface area contributed by atoms with Crippen LogP contribution in [0.15, 0.2) is 22.8 Å². The van der Waals surface area contributed by atoms with Gasteiger partial charge in [-0.1, -0.05) is 31.5 Å². The fourth-order valence-corrected chi connectivity index (χ4v) is 7.55. The maximum absolute atomic E-state index is 12.7. The third-order valence-corrected chi connectivity index (χ3v) is 8.89. The van der Waals surface area contributed by atoms with Crippen LogP contribution < -0.4 is 0 Å². The fraction of sp³-hybridized carbons (Fsp3) is 0.696. The Morgan fingerprint density at radius 2 is 1.79 bits per heavy atom. The van der Waals surface area contributed by atoms with Crippen molar-refractivity contribution in [1.82, 2.24) is 0 Å². The molecule has 6 atom stereocenters. The fourth-order valence-electron chi connectivity index (χ4n) is 7.13. The van der Waals surface area contributed by atoms with E-state index < -0.39 is 5.60 Å². The predicted octanol–water partition coefficient (Wildman–Crippen LogP) is 4.75. The van der Waals surface area contributed by atoms with Crippen molar-refractivity contribution in [3.05, 3.63) is 22.8 Å². The number of halogens is 1. The van der Waals surface area contributed by atoms with Gasteiger partial charge < -0.3 is 4.74 Å². The van der Waals surface area contributed by atoms with Crippen molar-refractivity contribution < 1.29 is 19.1 Å². The first-order valence-electron chi connectivity index (χ1n) is 10.4. The van der Waals surface area contributed by atoms with Crippen molar-refractivity contribution in [3.8, 4) is 0 Å². The van der Waals surface area contributed by atoms with Gasteiger partial charge in [0.15, 0.2) is 17.2 Å². The van der Waals surface area contributed by atoms with Gasteiger partial charge in [-0.2, -0.15) is 0 Å². The van der Waals surface area contributed by atoms with Crippen molar-refractivity contribution in [2.45, 2.75) is 71.8 Å². The maximum Gasteiger partial charge on any atom is 0.303 e. The maximum atomic E-state index is 12.7. The van der Waals surface area contributed by atoms with Crippen LogP contribution in [0.25, 0.3) is 0 Å². The largest absolute Gasteiger partial charge is 0.451 e. The van der Waals surface area contributed by atoms with E-state index in [2.05, 4.69) is 19.9 Å². The molecule has 4 aliphatic rings. The predicted molar refractivity (Wildman–Crippen MR) is 107 cm³/mol. The number of carbonyl (C=O) groups excluding carboxylic acids is 3. The Morgan fingerprint density at radius 1 is 1.11 bits per heavy atom. The van der Waals surface area contributed by atoms with E-state index in [4.69, 9.17) is 16.3 Å². The highest BCUT2D eigenvalue weighted by atomic mass is 35.5. The molecule has 5 heteroatoms. The summed E-state index contributed by atoms with van der Waals surface area (Å²) in [5.41, 5.74) is -0.532. The van der Waals surface area contributed by atoms with Crippen LogP contribution in [0.3, 0.4) is 0 Å². The van der Waals surface area contributed by atoms with E-state index in [-0.39, 0.29) is 40.2 Å². The topological polar surface area (TPSA) is 60.4 Å². The van der Waals surface area contributed by atoms with Gasteiger partial charge in [0.05, 0.1) is 0 Å². The number of allylic oxidation sites excluding steroid dienone is 4. The molecule has 4 rings (SSSR count). The monoisotopic (exact) mass is 404 g/mol. The second kappa shape index (κ2) is 6.29. The summed E-state index contributed by atoms with van der Waals surface area (Å²) in [7, 11) is 0. The van der Waals surface area contributed by atoms with E-state index in [0.717, 1.165) is 31.3 Å². The Balaban J connectivity index is 1.79. The van der Waals surface area contributed by atoms with Crippen LogP contribution in [0.5, 0.6) is 0 Å². The molecule has 0 heterocycles. The van der Waals surface area contributed by atoms with Crippen molar-refractivity contribution in [2.24, 2.45) is 28.6 Å². The minimum atomic E-state index is -1.03. The number of ether oxygens (including phenoxy) is 1. The highest BCUT2D eigenvalue weighted by molar-refractivity contribution is 6.32. The van der Waals surface area contributed by atoms with Gasteiger partial charge >= 0.3 is 5.97 Å². The minimum absolute atomic E-state index is 0.0490. The van der Waals surface area contributed by atoms with Crippen molar-refractivity contribution >= 4 is 29.1 Å². The van der Waals surface area contributed by atoms with E-state index in [9.17, 15) is 14.4 Å². The molecule has 0 aromatic carbocycles. The number of hydrogen-bond acceptors (Lipinski definition) is 4. The number of rotatable bonds is 2. The van der Waals surface area contributed by atoms with Gasteiger partial charge in [0.1, 0.15) is 0 Å². The number of fused-ring (bicyclic) bond motifs is 5.